The normalized spacial score (nSPS) is 19.6. The molecule has 1 aliphatic heterocycles. The smallest absolute Gasteiger partial charge is 0.150 e. The van der Waals surface area contributed by atoms with Crippen molar-refractivity contribution in [2.24, 2.45) is 0 Å². The van der Waals surface area contributed by atoms with Gasteiger partial charge in [-0.05, 0) is 27.0 Å². The zero-order valence-electron chi connectivity index (χ0n) is 11.8. The molecule has 1 fully saturated rings. The van der Waals surface area contributed by atoms with Crippen LogP contribution in [0.15, 0.2) is 6.07 Å². The average Bonchev–Trinajstić information content (AvgIpc) is 2.33. The Hall–Kier alpha value is -0.710. The van der Waals surface area contributed by atoms with Crippen molar-refractivity contribution in [1.82, 2.24) is 9.88 Å². The van der Waals surface area contributed by atoms with Crippen molar-refractivity contribution in [2.45, 2.75) is 19.4 Å². The minimum Gasteiger partial charge on any atom is -0.372 e. The van der Waals surface area contributed by atoms with Gasteiger partial charge in [0.15, 0.2) is 0 Å². The molecule has 2 heterocycles. The number of nitrogens with one attached hydrogen (secondary N) is 1. The van der Waals surface area contributed by atoms with Gasteiger partial charge in [0.05, 0.1) is 10.0 Å². The van der Waals surface area contributed by atoms with Gasteiger partial charge in [-0.2, -0.15) is 0 Å². The molecule has 0 spiro atoms. The molecule has 0 aromatic carbocycles. The van der Waals surface area contributed by atoms with Crippen LogP contribution in [0.4, 0.5) is 11.6 Å². The van der Waals surface area contributed by atoms with Gasteiger partial charge in [-0.3, -0.25) is 4.90 Å². The Balaban J connectivity index is 2.32. The van der Waals surface area contributed by atoms with Gasteiger partial charge in [0.25, 0.3) is 0 Å². The maximum Gasteiger partial charge on any atom is 0.150 e. The molecule has 1 aliphatic rings. The predicted octanol–water partition coefficient (Wildman–Crippen LogP) is 2.96. The van der Waals surface area contributed by atoms with Crippen molar-refractivity contribution in [3.63, 3.8) is 0 Å². The lowest BCUT2D eigenvalue weighted by Crippen LogP contribution is -2.58. The Bertz CT molecular complexity index is 476. The Morgan fingerprint density at radius 1 is 1.26 bits per heavy atom. The largest absolute Gasteiger partial charge is 0.372 e. The van der Waals surface area contributed by atoms with E-state index in [1.165, 1.54) is 0 Å². The third-order valence-electron chi connectivity index (χ3n) is 3.76. The zero-order chi connectivity index (χ0) is 14.2. The summed E-state index contributed by atoms with van der Waals surface area (Å²) in [6, 6.07) is 1.75. The van der Waals surface area contributed by atoms with E-state index in [0.29, 0.717) is 15.9 Å². The topological polar surface area (TPSA) is 31.4 Å². The van der Waals surface area contributed by atoms with Crippen molar-refractivity contribution in [2.75, 3.05) is 43.9 Å². The van der Waals surface area contributed by atoms with Crippen LogP contribution in [0.5, 0.6) is 0 Å². The van der Waals surface area contributed by atoms with E-state index in [2.05, 4.69) is 41.0 Å². The van der Waals surface area contributed by atoms with Crippen molar-refractivity contribution < 1.29 is 0 Å². The first kappa shape index (κ1) is 14.7. The number of likely N-dealkylation sites (N-methyl/N-ethyl adjacent to an activating group) is 1. The molecule has 0 radical (unpaired) electrons. The van der Waals surface area contributed by atoms with Crippen LogP contribution in [0.1, 0.15) is 13.8 Å². The van der Waals surface area contributed by atoms with Crippen LogP contribution in [0.2, 0.25) is 10.0 Å². The summed E-state index contributed by atoms with van der Waals surface area (Å²) in [5.41, 5.74) is 0.0999. The molecule has 0 amide bonds. The molecule has 0 unspecified atom stereocenters. The quantitative estimate of drug-likeness (QED) is 0.910. The Morgan fingerprint density at radius 3 is 2.53 bits per heavy atom. The number of nitrogens with zero attached hydrogens (tertiary/aromatic N) is 3. The molecule has 4 nitrogen and oxygen atoms in total. The highest BCUT2D eigenvalue weighted by molar-refractivity contribution is 6.37. The summed E-state index contributed by atoms with van der Waals surface area (Å²) in [6.45, 7) is 7.24. The van der Waals surface area contributed by atoms with Crippen LogP contribution in [-0.2, 0) is 0 Å². The van der Waals surface area contributed by atoms with Gasteiger partial charge >= 0.3 is 0 Å². The molecule has 1 aromatic rings. The molecule has 6 heteroatoms. The Kier molecular flexibility index (Phi) is 4.14. The van der Waals surface area contributed by atoms with Gasteiger partial charge in [0.1, 0.15) is 11.6 Å². The second-order valence-electron chi connectivity index (χ2n) is 5.53. The lowest BCUT2D eigenvalue weighted by molar-refractivity contribution is 0.138. The van der Waals surface area contributed by atoms with E-state index in [4.69, 9.17) is 23.2 Å². The fourth-order valence-electron chi connectivity index (χ4n) is 2.27. The molecule has 1 saturated heterocycles. The van der Waals surface area contributed by atoms with E-state index < -0.39 is 0 Å². The maximum atomic E-state index is 6.29. The summed E-state index contributed by atoms with van der Waals surface area (Å²) in [6.07, 6.45) is 0. The number of rotatable bonds is 2. The van der Waals surface area contributed by atoms with Crippen molar-refractivity contribution in [3.05, 3.63) is 16.1 Å². The van der Waals surface area contributed by atoms with Gasteiger partial charge in [0.2, 0.25) is 0 Å². The van der Waals surface area contributed by atoms with E-state index >= 15 is 0 Å². The number of hydrogen-bond acceptors (Lipinski definition) is 4. The molecular weight excluding hydrogens is 283 g/mol. The monoisotopic (exact) mass is 302 g/mol. The summed E-state index contributed by atoms with van der Waals surface area (Å²) in [7, 11) is 3.95. The minimum absolute atomic E-state index is 0.0999. The number of aromatic nitrogens is 1. The molecule has 106 valence electrons. The first-order chi connectivity index (χ1) is 8.85. The highest BCUT2D eigenvalue weighted by Crippen LogP contribution is 2.33. The van der Waals surface area contributed by atoms with Gasteiger partial charge in [-0.15, -0.1) is 0 Å². The van der Waals surface area contributed by atoms with E-state index in [1.54, 1.807) is 13.1 Å². The SMILES string of the molecule is CNc1nc(N2CCN(C)C(C)(C)C2)c(Cl)cc1Cl. The van der Waals surface area contributed by atoms with Gasteiger partial charge < -0.3 is 10.2 Å². The molecule has 19 heavy (non-hydrogen) atoms. The summed E-state index contributed by atoms with van der Waals surface area (Å²) >= 11 is 12.4. The Morgan fingerprint density at radius 2 is 1.95 bits per heavy atom. The molecule has 1 aromatic heterocycles. The summed E-state index contributed by atoms with van der Waals surface area (Å²) in [4.78, 5) is 9.11. The number of hydrogen-bond donors (Lipinski definition) is 1. The number of piperazine rings is 1. The first-order valence-electron chi connectivity index (χ1n) is 6.35. The molecule has 1 N–H and O–H groups in total. The van der Waals surface area contributed by atoms with Crippen LogP contribution in [0.25, 0.3) is 0 Å². The highest BCUT2D eigenvalue weighted by atomic mass is 35.5. The molecule has 0 bridgehead atoms. The molecule has 0 aliphatic carbocycles. The lowest BCUT2D eigenvalue weighted by Gasteiger charge is -2.46. The number of halogens is 2. The van der Waals surface area contributed by atoms with Crippen LogP contribution < -0.4 is 10.2 Å². The summed E-state index contributed by atoms with van der Waals surface area (Å²) in [5.74, 6) is 1.47. The number of pyridine rings is 1. The van der Waals surface area contributed by atoms with Gasteiger partial charge in [-0.1, -0.05) is 23.2 Å². The molecular formula is C13H20Cl2N4. The zero-order valence-corrected chi connectivity index (χ0v) is 13.3. The van der Waals surface area contributed by atoms with Gasteiger partial charge in [-0.25, -0.2) is 4.98 Å². The maximum absolute atomic E-state index is 6.29. The second kappa shape index (κ2) is 5.35. The third kappa shape index (κ3) is 2.91. The summed E-state index contributed by atoms with van der Waals surface area (Å²) in [5, 5.41) is 4.14. The molecule has 0 saturated carbocycles. The average molecular weight is 303 g/mol. The Labute approximate surface area is 124 Å². The lowest BCUT2D eigenvalue weighted by atomic mass is 10.00. The van der Waals surface area contributed by atoms with Crippen LogP contribution in [0, 0.1) is 0 Å². The van der Waals surface area contributed by atoms with Gasteiger partial charge in [0, 0.05) is 32.2 Å². The fourth-order valence-corrected chi connectivity index (χ4v) is 2.85. The first-order valence-corrected chi connectivity index (χ1v) is 7.11. The fraction of sp³-hybridized carbons (Fsp3) is 0.615. The van der Waals surface area contributed by atoms with Crippen molar-refractivity contribution in [1.29, 1.82) is 0 Å². The van der Waals surface area contributed by atoms with Crippen LogP contribution in [0.3, 0.4) is 0 Å². The standard InChI is InChI=1S/C13H20Cl2N4/c1-13(2)8-19(6-5-18(13)4)12-10(15)7-9(14)11(16-3)17-12/h7H,5-6,8H2,1-4H3,(H,16,17). The second-order valence-corrected chi connectivity index (χ2v) is 6.34. The molecule has 2 rings (SSSR count). The van der Waals surface area contributed by atoms with E-state index in [0.717, 1.165) is 25.5 Å². The summed E-state index contributed by atoms with van der Waals surface area (Å²) < 4.78 is 0. The van der Waals surface area contributed by atoms with Crippen LogP contribution >= 0.6 is 23.2 Å². The van der Waals surface area contributed by atoms with Crippen molar-refractivity contribution in [3.8, 4) is 0 Å². The predicted molar refractivity (Wildman–Crippen MR) is 82.7 cm³/mol. The number of anilines is 2. The van der Waals surface area contributed by atoms with Crippen molar-refractivity contribution >= 4 is 34.8 Å². The third-order valence-corrected chi connectivity index (χ3v) is 4.33. The highest BCUT2D eigenvalue weighted by Gasteiger charge is 2.32. The van der Waals surface area contributed by atoms with E-state index in [-0.39, 0.29) is 5.54 Å². The van der Waals surface area contributed by atoms with E-state index in [1.807, 2.05) is 0 Å². The minimum atomic E-state index is 0.0999. The molecule has 0 atom stereocenters. The van der Waals surface area contributed by atoms with Crippen LogP contribution in [-0.4, -0.2) is 49.2 Å². The van der Waals surface area contributed by atoms with E-state index in [9.17, 15) is 0 Å².